The third-order valence-electron chi connectivity index (χ3n) is 3.49. The maximum absolute atomic E-state index is 11.8. The fourth-order valence-corrected chi connectivity index (χ4v) is 2.11. The predicted molar refractivity (Wildman–Crippen MR) is 72.1 cm³/mol. The number of carbonyl (C=O) groups is 2. The minimum Gasteiger partial charge on any atom is -0.478 e. The van der Waals surface area contributed by atoms with Crippen LogP contribution in [0.4, 0.5) is 5.69 Å². The molecule has 1 saturated carbocycles. The number of nitrogens with two attached hydrogens (primary N) is 1. The minimum atomic E-state index is -0.997. The van der Waals surface area contributed by atoms with Gasteiger partial charge in [0.1, 0.15) is 0 Å². The van der Waals surface area contributed by atoms with Gasteiger partial charge in [-0.25, -0.2) is 4.79 Å². The number of nitrogens with one attached hydrogen (secondary N) is 1. The summed E-state index contributed by atoms with van der Waals surface area (Å²) in [6.07, 6.45) is 2.48. The molecule has 5 heteroatoms. The summed E-state index contributed by atoms with van der Waals surface area (Å²) in [7, 11) is 0. The molecule has 1 atom stereocenters. The molecule has 102 valence electrons. The molecular formula is C14H18N2O3. The van der Waals surface area contributed by atoms with Crippen molar-refractivity contribution in [2.24, 2.45) is 11.7 Å². The predicted octanol–water partition coefficient (Wildman–Crippen LogP) is 1.76. The van der Waals surface area contributed by atoms with Gasteiger partial charge in [-0.3, -0.25) is 4.79 Å². The Bertz CT molecular complexity index is 509. The van der Waals surface area contributed by atoms with E-state index in [9.17, 15) is 9.59 Å². The monoisotopic (exact) mass is 262 g/mol. The lowest BCUT2D eigenvalue weighted by Gasteiger charge is -2.13. The van der Waals surface area contributed by atoms with E-state index in [-0.39, 0.29) is 23.9 Å². The highest BCUT2D eigenvalue weighted by molar-refractivity contribution is 5.96. The number of rotatable bonds is 5. The molecule has 0 spiro atoms. The highest BCUT2D eigenvalue weighted by atomic mass is 16.4. The van der Waals surface area contributed by atoms with E-state index in [4.69, 9.17) is 10.8 Å². The number of carbonyl (C=O) groups excluding carboxylic acids is 1. The molecule has 0 aromatic heterocycles. The summed E-state index contributed by atoms with van der Waals surface area (Å²) in [6, 6.07) is 4.74. The van der Waals surface area contributed by atoms with Crippen LogP contribution < -0.4 is 11.1 Å². The van der Waals surface area contributed by atoms with Crippen molar-refractivity contribution in [1.29, 1.82) is 0 Å². The summed E-state index contributed by atoms with van der Waals surface area (Å²) >= 11 is 0. The Labute approximate surface area is 111 Å². The molecule has 1 aliphatic carbocycles. The van der Waals surface area contributed by atoms with Gasteiger partial charge in [0.05, 0.1) is 5.56 Å². The van der Waals surface area contributed by atoms with Crippen molar-refractivity contribution in [1.82, 2.24) is 0 Å². The molecule has 2 rings (SSSR count). The van der Waals surface area contributed by atoms with Crippen LogP contribution in [-0.4, -0.2) is 23.0 Å². The Kier molecular flexibility index (Phi) is 3.85. The van der Waals surface area contributed by atoms with Crippen molar-refractivity contribution in [3.8, 4) is 0 Å². The molecule has 1 aromatic rings. The van der Waals surface area contributed by atoms with Crippen LogP contribution in [0.3, 0.4) is 0 Å². The number of benzene rings is 1. The second-order valence-electron chi connectivity index (χ2n) is 5.04. The molecule has 0 bridgehead atoms. The third kappa shape index (κ3) is 3.32. The molecule has 0 aliphatic heterocycles. The molecule has 1 amide bonds. The standard InChI is InChI=1S/C14H18N2O3/c1-8-10(14(18)19)3-2-4-12(8)16-13(17)7-11(15)9-5-6-9/h2-4,9,11H,5-7,15H2,1H3,(H,16,17)(H,18,19). The normalized spacial score (nSPS) is 15.9. The number of amides is 1. The molecule has 1 unspecified atom stereocenters. The van der Waals surface area contributed by atoms with Crippen LogP contribution in [0.2, 0.25) is 0 Å². The van der Waals surface area contributed by atoms with Gasteiger partial charge in [0.2, 0.25) is 5.91 Å². The van der Waals surface area contributed by atoms with Crippen LogP contribution >= 0.6 is 0 Å². The zero-order valence-electron chi connectivity index (χ0n) is 10.8. The number of anilines is 1. The Morgan fingerprint density at radius 1 is 1.47 bits per heavy atom. The number of hydrogen-bond donors (Lipinski definition) is 3. The van der Waals surface area contributed by atoms with Gasteiger partial charge in [-0.2, -0.15) is 0 Å². The second kappa shape index (κ2) is 5.40. The Balaban J connectivity index is 2.03. The van der Waals surface area contributed by atoms with E-state index in [1.165, 1.54) is 6.07 Å². The van der Waals surface area contributed by atoms with Gasteiger partial charge in [-0.1, -0.05) is 6.07 Å². The van der Waals surface area contributed by atoms with Crippen molar-refractivity contribution < 1.29 is 14.7 Å². The summed E-state index contributed by atoms with van der Waals surface area (Å²) in [4.78, 5) is 22.9. The number of carboxylic acid groups (broad SMARTS) is 1. The van der Waals surface area contributed by atoms with Crippen molar-refractivity contribution in [2.45, 2.75) is 32.2 Å². The van der Waals surface area contributed by atoms with Crippen LogP contribution in [0.1, 0.15) is 35.2 Å². The highest BCUT2D eigenvalue weighted by Gasteiger charge is 2.29. The lowest BCUT2D eigenvalue weighted by atomic mass is 10.1. The lowest BCUT2D eigenvalue weighted by Crippen LogP contribution is -2.29. The maximum Gasteiger partial charge on any atom is 0.336 e. The summed E-state index contributed by atoms with van der Waals surface area (Å²) in [6.45, 7) is 1.68. The van der Waals surface area contributed by atoms with E-state index in [2.05, 4.69) is 5.32 Å². The van der Waals surface area contributed by atoms with E-state index in [0.29, 0.717) is 17.2 Å². The van der Waals surface area contributed by atoms with Crippen LogP contribution in [0.25, 0.3) is 0 Å². The van der Waals surface area contributed by atoms with Crippen LogP contribution in [0.5, 0.6) is 0 Å². The topological polar surface area (TPSA) is 92.4 Å². The zero-order valence-corrected chi connectivity index (χ0v) is 10.8. The second-order valence-corrected chi connectivity index (χ2v) is 5.04. The molecule has 1 aromatic carbocycles. The number of carboxylic acids is 1. The van der Waals surface area contributed by atoms with Crippen LogP contribution in [0.15, 0.2) is 18.2 Å². The lowest BCUT2D eigenvalue weighted by molar-refractivity contribution is -0.116. The molecule has 4 N–H and O–H groups in total. The van der Waals surface area contributed by atoms with E-state index >= 15 is 0 Å². The van der Waals surface area contributed by atoms with Gasteiger partial charge in [0, 0.05) is 18.2 Å². The fourth-order valence-electron chi connectivity index (χ4n) is 2.11. The summed E-state index contributed by atoms with van der Waals surface area (Å²) < 4.78 is 0. The van der Waals surface area contributed by atoms with E-state index < -0.39 is 5.97 Å². The molecule has 0 saturated heterocycles. The van der Waals surface area contributed by atoms with Crippen molar-refractivity contribution in [2.75, 3.05) is 5.32 Å². The van der Waals surface area contributed by atoms with Gasteiger partial charge >= 0.3 is 5.97 Å². The average Bonchev–Trinajstić information content (AvgIpc) is 3.15. The molecule has 5 nitrogen and oxygen atoms in total. The van der Waals surface area contributed by atoms with E-state index in [1.54, 1.807) is 19.1 Å². The smallest absolute Gasteiger partial charge is 0.336 e. The Morgan fingerprint density at radius 2 is 2.16 bits per heavy atom. The average molecular weight is 262 g/mol. The first-order valence-electron chi connectivity index (χ1n) is 6.37. The first-order valence-corrected chi connectivity index (χ1v) is 6.37. The summed E-state index contributed by atoms with van der Waals surface area (Å²) in [5, 5.41) is 11.8. The Morgan fingerprint density at radius 3 is 2.74 bits per heavy atom. The summed E-state index contributed by atoms with van der Waals surface area (Å²) in [5.74, 6) is -0.689. The van der Waals surface area contributed by atoms with Gasteiger partial charge in [0.25, 0.3) is 0 Å². The van der Waals surface area contributed by atoms with E-state index in [1.807, 2.05) is 0 Å². The SMILES string of the molecule is Cc1c(NC(=O)CC(N)C2CC2)cccc1C(=O)O. The first kappa shape index (κ1) is 13.5. The van der Waals surface area contributed by atoms with Crippen LogP contribution in [-0.2, 0) is 4.79 Å². The van der Waals surface area contributed by atoms with Gasteiger partial charge in [-0.05, 0) is 43.4 Å². The van der Waals surface area contributed by atoms with Gasteiger partial charge in [-0.15, -0.1) is 0 Å². The van der Waals surface area contributed by atoms with Gasteiger partial charge in [0.15, 0.2) is 0 Å². The minimum absolute atomic E-state index is 0.0945. The first-order chi connectivity index (χ1) is 8.99. The number of aromatic carboxylic acids is 1. The Hall–Kier alpha value is -1.88. The fraction of sp³-hybridized carbons (Fsp3) is 0.429. The maximum atomic E-state index is 11.8. The van der Waals surface area contributed by atoms with Crippen molar-refractivity contribution in [3.05, 3.63) is 29.3 Å². The zero-order chi connectivity index (χ0) is 14.0. The molecule has 1 fully saturated rings. The largest absolute Gasteiger partial charge is 0.478 e. The van der Waals surface area contributed by atoms with Gasteiger partial charge < -0.3 is 16.2 Å². The summed E-state index contributed by atoms with van der Waals surface area (Å²) in [5.41, 5.74) is 7.19. The number of hydrogen-bond acceptors (Lipinski definition) is 3. The quantitative estimate of drug-likeness (QED) is 0.753. The molecule has 19 heavy (non-hydrogen) atoms. The van der Waals surface area contributed by atoms with E-state index in [0.717, 1.165) is 12.8 Å². The van der Waals surface area contributed by atoms with Crippen LogP contribution in [0, 0.1) is 12.8 Å². The third-order valence-corrected chi connectivity index (χ3v) is 3.49. The van der Waals surface area contributed by atoms with Crippen molar-refractivity contribution >= 4 is 17.6 Å². The molecular weight excluding hydrogens is 244 g/mol. The highest BCUT2D eigenvalue weighted by Crippen LogP contribution is 2.33. The molecule has 1 aliphatic rings. The van der Waals surface area contributed by atoms with Crippen molar-refractivity contribution in [3.63, 3.8) is 0 Å². The molecule has 0 heterocycles. The molecule has 0 radical (unpaired) electrons.